The number of rotatable bonds is 4. The number of hydrogen-bond acceptors (Lipinski definition) is 3. The number of hydrogen-bond donors (Lipinski definition) is 0. The summed E-state index contributed by atoms with van der Waals surface area (Å²) in [6.45, 7) is 6.93. The molecule has 2 fully saturated rings. The van der Waals surface area contributed by atoms with Crippen LogP contribution in [-0.2, 0) is 18.3 Å². The molecule has 0 radical (unpaired) electrons. The number of nitrogens with zero attached hydrogens (tertiary/aromatic N) is 4. The molecule has 1 amide bonds. The lowest BCUT2D eigenvalue weighted by molar-refractivity contribution is -0.132. The number of fused-ring (bicyclic) bond motifs is 1. The number of carbonyl (C=O) groups is 1. The van der Waals surface area contributed by atoms with Crippen LogP contribution in [0.1, 0.15) is 37.1 Å². The van der Waals surface area contributed by atoms with Crippen molar-refractivity contribution in [2.75, 3.05) is 32.7 Å². The molecule has 4 rings (SSSR count). The van der Waals surface area contributed by atoms with Gasteiger partial charge in [-0.15, -0.1) is 0 Å². The number of carbonyl (C=O) groups excluding carboxylic acids is 1. The Labute approximate surface area is 143 Å². The number of benzene rings is 1. The van der Waals surface area contributed by atoms with Gasteiger partial charge in [0.2, 0.25) is 5.91 Å². The van der Waals surface area contributed by atoms with Crippen LogP contribution in [-0.4, -0.2) is 58.0 Å². The van der Waals surface area contributed by atoms with E-state index in [0.29, 0.717) is 12.3 Å². The zero-order chi connectivity index (χ0) is 16.7. The summed E-state index contributed by atoms with van der Waals surface area (Å²) in [4.78, 5) is 21.8. The molecule has 128 valence electrons. The summed E-state index contributed by atoms with van der Waals surface area (Å²) < 4.78 is 2.21. The molecule has 0 spiro atoms. The van der Waals surface area contributed by atoms with E-state index < -0.39 is 0 Å². The highest BCUT2D eigenvalue weighted by atomic mass is 16.2. The van der Waals surface area contributed by atoms with E-state index in [1.54, 1.807) is 0 Å². The summed E-state index contributed by atoms with van der Waals surface area (Å²) in [5, 5.41) is 0. The smallest absolute Gasteiger partial charge is 0.227 e. The van der Waals surface area contributed by atoms with Crippen molar-refractivity contribution in [3.63, 3.8) is 0 Å². The van der Waals surface area contributed by atoms with Crippen molar-refractivity contribution in [2.45, 2.75) is 32.1 Å². The molecule has 1 saturated heterocycles. The Kier molecular flexibility index (Phi) is 4.04. The molecular weight excluding hydrogens is 300 g/mol. The van der Waals surface area contributed by atoms with Gasteiger partial charge in [0, 0.05) is 39.1 Å². The van der Waals surface area contributed by atoms with E-state index >= 15 is 0 Å². The molecule has 0 bridgehead atoms. The van der Waals surface area contributed by atoms with Crippen LogP contribution in [0.5, 0.6) is 0 Å². The fourth-order valence-electron chi connectivity index (χ4n) is 3.68. The minimum Gasteiger partial charge on any atom is -0.340 e. The van der Waals surface area contributed by atoms with Gasteiger partial charge in [-0.05, 0) is 37.1 Å². The molecular formula is C19H26N4O. The predicted molar refractivity (Wildman–Crippen MR) is 95.1 cm³/mol. The molecule has 5 nitrogen and oxygen atoms in total. The van der Waals surface area contributed by atoms with Gasteiger partial charge in [-0.1, -0.05) is 13.0 Å². The largest absolute Gasteiger partial charge is 0.340 e. The second kappa shape index (κ2) is 6.20. The Morgan fingerprint density at radius 1 is 1.21 bits per heavy atom. The molecule has 1 aliphatic carbocycles. The molecule has 5 heteroatoms. The number of aromatic nitrogens is 2. The summed E-state index contributed by atoms with van der Waals surface area (Å²) >= 11 is 0. The highest BCUT2D eigenvalue weighted by Gasteiger charge is 2.28. The first-order chi connectivity index (χ1) is 11.7. The van der Waals surface area contributed by atoms with E-state index in [4.69, 9.17) is 4.98 Å². The average molecular weight is 326 g/mol. The van der Waals surface area contributed by atoms with Crippen molar-refractivity contribution < 1.29 is 4.79 Å². The average Bonchev–Trinajstić information content (AvgIpc) is 3.39. The van der Waals surface area contributed by atoms with Crippen LogP contribution in [0, 0.1) is 0 Å². The SMILES string of the molecule is CCN1CCN(C(=O)Cc2ccc3c(c2)nc(C2CC2)n3C)CC1. The Bertz CT molecular complexity index is 754. The summed E-state index contributed by atoms with van der Waals surface area (Å²) in [5.74, 6) is 2.08. The number of aryl methyl sites for hydroxylation is 1. The van der Waals surface area contributed by atoms with E-state index in [2.05, 4.69) is 41.6 Å². The number of likely N-dealkylation sites (N-methyl/N-ethyl adjacent to an activating group) is 1. The van der Waals surface area contributed by atoms with E-state index in [1.165, 1.54) is 24.2 Å². The first-order valence-electron chi connectivity index (χ1n) is 9.11. The van der Waals surface area contributed by atoms with E-state index in [-0.39, 0.29) is 5.91 Å². The van der Waals surface area contributed by atoms with Gasteiger partial charge in [-0.25, -0.2) is 4.98 Å². The van der Waals surface area contributed by atoms with Gasteiger partial charge in [-0.2, -0.15) is 0 Å². The predicted octanol–water partition coefficient (Wildman–Crippen LogP) is 2.16. The third kappa shape index (κ3) is 2.93. The van der Waals surface area contributed by atoms with Gasteiger partial charge in [0.05, 0.1) is 17.5 Å². The molecule has 1 aliphatic heterocycles. The zero-order valence-corrected chi connectivity index (χ0v) is 14.7. The van der Waals surface area contributed by atoms with Gasteiger partial charge < -0.3 is 14.4 Å². The molecule has 24 heavy (non-hydrogen) atoms. The quantitative estimate of drug-likeness (QED) is 0.864. The molecule has 1 aromatic heterocycles. The highest BCUT2D eigenvalue weighted by molar-refractivity contribution is 5.82. The maximum absolute atomic E-state index is 12.6. The Morgan fingerprint density at radius 2 is 1.96 bits per heavy atom. The maximum atomic E-state index is 12.6. The van der Waals surface area contributed by atoms with Crippen molar-refractivity contribution in [3.05, 3.63) is 29.6 Å². The lowest BCUT2D eigenvalue weighted by atomic mass is 10.1. The molecule has 0 atom stereocenters. The van der Waals surface area contributed by atoms with Crippen LogP contribution in [0.2, 0.25) is 0 Å². The van der Waals surface area contributed by atoms with Crippen LogP contribution in [0.3, 0.4) is 0 Å². The van der Waals surface area contributed by atoms with E-state index in [1.807, 2.05) is 4.90 Å². The van der Waals surface area contributed by atoms with Crippen LogP contribution < -0.4 is 0 Å². The third-order valence-electron chi connectivity index (χ3n) is 5.45. The van der Waals surface area contributed by atoms with Crippen LogP contribution in [0.4, 0.5) is 0 Å². The lowest BCUT2D eigenvalue weighted by Gasteiger charge is -2.34. The van der Waals surface area contributed by atoms with Gasteiger partial charge >= 0.3 is 0 Å². The van der Waals surface area contributed by atoms with Gasteiger partial charge in [0.15, 0.2) is 0 Å². The molecule has 2 aliphatic rings. The fraction of sp³-hybridized carbons (Fsp3) is 0.579. The Hall–Kier alpha value is -1.88. The molecule has 0 unspecified atom stereocenters. The lowest BCUT2D eigenvalue weighted by Crippen LogP contribution is -2.48. The molecule has 2 aromatic rings. The van der Waals surface area contributed by atoms with E-state index in [0.717, 1.165) is 43.8 Å². The minimum absolute atomic E-state index is 0.239. The van der Waals surface area contributed by atoms with Gasteiger partial charge in [0.25, 0.3) is 0 Å². The van der Waals surface area contributed by atoms with Crippen LogP contribution in [0.25, 0.3) is 11.0 Å². The number of imidazole rings is 1. The molecule has 2 heterocycles. The Morgan fingerprint density at radius 3 is 2.62 bits per heavy atom. The summed E-state index contributed by atoms with van der Waals surface area (Å²) in [7, 11) is 2.10. The van der Waals surface area contributed by atoms with Gasteiger partial charge in [0.1, 0.15) is 5.82 Å². The number of piperazine rings is 1. The monoisotopic (exact) mass is 326 g/mol. The van der Waals surface area contributed by atoms with E-state index in [9.17, 15) is 4.79 Å². The second-order valence-electron chi connectivity index (χ2n) is 7.12. The van der Waals surface area contributed by atoms with Crippen LogP contribution >= 0.6 is 0 Å². The number of amides is 1. The van der Waals surface area contributed by atoms with Gasteiger partial charge in [-0.3, -0.25) is 4.79 Å². The molecule has 1 saturated carbocycles. The summed E-state index contributed by atoms with van der Waals surface area (Å²) in [6, 6.07) is 6.30. The van der Waals surface area contributed by atoms with Crippen molar-refractivity contribution in [3.8, 4) is 0 Å². The molecule has 0 N–H and O–H groups in total. The summed E-state index contributed by atoms with van der Waals surface area (Å²) in [6.07, 6.45) is 3.00. The minimum atomic E-state index is 0.239. The topological polar surface area (TPSA) is 41.4 Å². The molecule has 1 aromatic carbocycles. The van der Waals surface area contributed by atoms with Crippen molar-refractivity contribution >= 4 is 16.9 Å². The van der Waals surface area contributed by atoms with Crippen molar-refractivity contribution in [2.24, 2.45) is 7.05 Å². The zero-order valence-electron chi connectivity index (χ0n) is 14.7. The van der Waals surface area contributed by atoms with Crippen molar-refractivity contribution in [1.29, 1.82) is 0 Å². The van der Waals surface area contributed by atoms with Crippen molar-refractivity contribution in [1.82, 2.24) is 19.4 Å². The third-order valence-corrected chi connectivity index (χ3v) is 5.45. The summed E-state index contributed by atoms with van der Waals surface area (Å²) in [5.41, 5.74) is 3.27. The van der Waals surface area contributed by atoms with Crippen LogP contribution in [0.15, 0.2) is 18.2 Å². The first kappa shape index (κ1) is 15.6. The highest BCUT2D eigenvalue weighted by Crippen LogP contribution is 2.40. The first-order valence-corrected chi connectivity index (χ1v) is 9.11. The standard InChI is InChI=1S/C19H26N4O/c1-3-22-8-10-23(11-9-22)18(24)13-14-4-7-17-16(12-14)20-19(21(17)2)15-5-6-15/h4,7,12,15H,3,5-6,8-11,13H2,1-2H3. The fourth-order valence-corrected chi connectivity index (χ4v) is 3.68. The maximum Gasteiger partial charge on any atom is 0.227 e. The second-order valence-corrected chi connectivity index (χ2v) is 7.12. The Balaban J connectivity index is 1.47. The normalized spacial score (nSPS) is 19.2.